The molecule has 0 unspecified atom stereocenters. The highest BCUT2D eigenvalue weighted by Crippen LogP contribution is 2.27. The molecule has 1 aliphatic carbocycles. The molecule has 1 rings (SSSR count). The van der Waals surface area contributed by atoms with Crippen LogP contribution in [-0.4, -0.2) is 5.67 Å². The molecule has 0 nitrogen and oxygen atoms in total. The third-order valence-electron chi connectivity index (χ3n) is 1.99. The van der Waals surface area contributed by atoms with E-state index < -0.39 is 5.67 Å². The Kier molecular flexibility index (Phi) is 2.17. The number of alkyl halides is 1. The summed E-state index contributed by atoms with van der Waals surface area (Å²) in [6, 6.07) is 0. The number of hydrogen-bond donors (Lipinski definition) is 0. The molecule has 0 N–H and O–H groups in total. The fraction of sp³-hybridized carbons (Fsp3) is 0.600. The molecule has 0 atom stereocenters. The molecule has 0 fully saturated rings. The summed E-state index contributed by atoms with van der Waals surface area (Å²) in [5, 5.41) is 0. The van der Waals surface area contributed by atoms with Gasteiger partial charge in [0.2, 0.25) is 0 Å². The van der Waals surface area contributed by atoms with E-state index in [4.69, 9.17) is 0 Å². The van der Waals surface area contributed by atoms with Crippen molar-refractivity contribution in [1.29, 1.82) is 0 Å². The molecule has 1 aliphatic rings. The van der Waals surface area contributed by atoms with Crippen LogP contribution in [0, 0.1) is 0 Å². The lowest BCUT2D eigenvalue weighted by Gasteiger charge is -2.19. The van der Waals surface area contributed by atoms with Gasteiger partial charge in [-0.25, -0.2) is 4.39 Å². The molecule has 62 valence electrons. The minimum Gasteiger partial charge on any atom is -0.239 e. The van der Waals surface area contributed by atoms with Gasteiger partial charge in [-0.2, -0.15) is 0 Å². The highest BCUT2D eigenvalue weighted by atomic mass is 19.1. The molecule has 0 aliphatic heterocycles. The summed E-state index contributed by atoms with van der Waals surface area (Å²) in [5.41, 5.74) is 0.955. The Hall–Kier alpha value is -0.590. The molecule has 0 aromatic rings. The first-order chi connectivity index (χ1) is 5.00. The van der Waals surface area contributed by atoms with E-state index in [9.17, 15) is 4.39 Å². The van der Waals surface area contributed by atoms with E-state index in [2.05, 4.69) is 6.92 Å². The summed E-state index contributed by atoms with van der Waals surface area (Å²) < 4.78 is 13.3. The maximum Gasteiger partial charge on any atom is 0.130 e. The predicted octanol–water partition coefficient (Wildman–Crippen LogP) is 3.40. The second kappa shape index (κ2) is 2.80. The molecule has 0 aromatic carbocycles. The molecule has 0 saturated carbocycles. The molecule has 0 amide bonds. The molecule has 1 heteroatoms. The van der Waals surface area contributed by atoms with E-state index in [1.807, 2.05) is 12.2 Å². The second-order valence-electron chi connectivity index (χ2n) is 3.66. The molecule has 0 radical (unpaired) electrons. The molecular formula is C10H15F. The molecule has 0 saturated heterocycles. The monoisotopic (exact) mass is 154 g/mol. The van der Waals surface area contributed by atoms with Gasteiger partial charge in [0.25, 0.3) is 0 Å². The normalized spacial score (nSPS) is 19.3. The van der Waals surface area contributed by atoms with Crippen LogP contribution < -0.4 is 0 Å². The Morgan fingerprint density at radius 2 is 2.09 bits per heavy atom. The van der Waals surface area contributed by atoms with Crippen molar-refractivity contribution in [3.63, 3.8) is 0 Å². The first-order valence-corrected chi connectivity index (χ1v) is 4.07. The average molecular weight is 154 g/mol. The first-order valence-electron chi connectivity index (χ1n) is 4.07. The number of halogens is 1. The molecule has 0 aromatic heterocycles. The van der Waals surface area contributed by atoms with Gasteiger partial charge in [0, 0.05) is 0 Å². The number of allylic oxidation sites excluding steroid dienone is 4. The van der Waals surface area contributed by atoms with Gasteiger partial charge in [-0.1, -0.05) is 17.7 Å². The molecular weight excluding hydrogens is 139 g/mol. The fourth-order valence-electron chi connectivity index (χ4n) is 1.27. The van der Waals surface area contributed by atoms with Gasteiger partial charge in [-0.3, -0.25) is 0 Å². The van der Waals surface area contributed by atoms with Crippen molar-refractivity contribution in [2.24, 2.45) is 0 Å². The van der Waals surface area contributed by atoms with Crippen molar-refractivity contribution in [3.05, 3.63) is 23.3 Å². The van der Waals surface area contributed by atoms with Crippen LogP contribution in [0.15, 0.2) is 23.3 Å². The minimum absolute atomic E-state index is 0.834. The fourth-order valence-corrected chi connectivity index (χ4v) is 1.27. The number of rotatable bonds is 1. The summed E-state index contributed by atoms with van der Waals surface area (Å²) in [6.45, 7) is 5.26. The zero-order chi connectivity index (χ0) is 8.48. The standard InChI is InChI=1S/C10H15F/c1-8-5-4-6-9(7-8)10(2,3)11/h6-7H,4-5H2,1-3H3. The van der Waals surface area contributed by atoms with Gasteiger partial charge in [-0.15, -0.1) is 0 Å². The van der Waals surface area contributed by atoms with Crippen LogP contribution in [0.4, 0.5) is 4.39 Å². The largest absolute Gasteiger partial charge is 0.239 e. The first kappa shape index (κ1) is 8.51. The zero-order valence-corrected chi connectivity index (χ0v) is 7.45. The zero-order valence-electron chi connectivity index (χ0n) is 7.45. The van der Waals surface area contributed by atoms with Crippen LogP contribution in [-0.2, 0) is 0 Å². The summed E-state index contributed by atoms with van der Waals surface area (Å²) >= 11 is 0. The van der Waals surface area contributed by atoms with Crippen LogP contribution >= 0.6 is 0 Å². The van der Waals surface area contributed by atoms with Crippen molar-refractivity contribution in [1.82, 2.24) is 0 Å². The van der Waals surface area contributed by atoms with E-state index >= 15 is 0 Å². The van der Waals surface area contributed by atoms with Gasteiger partial charge < -0.3 is 0 Å². The summed E-state index contributed by atoms with van der Waals surface area (Å²) in [4.78, 5) is 0. The Morgan fingerprint density at radius 1 is 1.45 bits per heavy atom. The predicted molar refractivity (Wildman–Crippen MR) is 46.3 cm³/mol. The van der Waals surface area contributed by atoms with Crippen LogP contribution in [0.3, 0.4) is 0 Å². The third kappa shape index (κ3) is 2.18. The Balaban J connectivity index is 2.82. The third-order valence-corrected chi connectivity index (χ3v) is 1.99. The van der Waals surface area contributed by atoms with E-state index in [1.165, 1.54) is 5.57 Å². The summed E-state index contributed by atoms with van der Waals surface area (Å²) in [6.07, 6.45) is 6.03. The van der Waals surface area contributed by atoms with Gasteiger partial charge in [0.05, 0.1) is 0 Å². The molecule has 0 bridgehead atoms. The quantitative estimate of drug-likeness (QED) is 0.543. The van der Waals surface area contributed by atoms with Gasteiger partial charge >= 0.3 is 0 Å². The lowest BCUT2D eigenvalue weighted by Crippen LogP contribution is -2.15. The van der Waals surface area contributed by atoms with Crippen molar-refractivity contribution < 1.29 is 4.39 Å². The van der Waals surface area contributed by atoms with Crippen molar-refractivity contribution in [3.8, 4) is 0 Å². The summed E-state index contributed by atoms with van der Waals surface area (Å²) in [5.74, 6) is 0. The Bertz CT molecular complexity index is 203. The SMILES string of the molecule is CC1=CC(C(C)(C)F)=CCC1. The minimum atomic E-state index is -1.16. The van der Waals surface area contributed by atoms with E-state index in [1.54, 1.807) is 13.8 Å². The average Bonchev–Trinajstić information content (AvgIpc) is 1.86. The van der Waals surface area contributed by atoms with E-state index in [-0.39, 0.29) is 0 Å². The van der Waals surface area contributed by atoms with Gasteiger partial charge in [0.1, 0.15) is 5.67 Å². The van der Waals surface area contributed by atoms with Crippen LogP contribution in [0.2, 0.25) is 0 Å². The van der Waals surface area contributed by atoms with Crippen LogP contribution in [0.1, 0.15) is 33.6 Å². The van der Waals surface area contributed by atoms with Crippen LogP contribution in [0.5, 0.6) is 0 Å². The molecule has 11 heavy (non-hydrogen) atoms. The van der Waals surface area contributed by atoms with Gasteiger partial charge in [-0.05, 0) is 39.2 Å². The lowest BCUT2D eigenvalue weighted by atomic mass is 9.91. The summed E-state index contributed by atoms with van der Waals surface area (Å²) in [7, 11) is 0. The maximum absolute atomic E-state index is 13.3. The Labute approximate surface area is 67.8 Å². The highest BCUT2D eigenvalue weighted by Gasteiger charge is 2.21. The van der Waals surface area contributed by atoms with Gasteiger partial charge in [0.15, 0.2) is 0 Å². The smallest absolute Gasteiger partial charge is 0.130 e. The molecule has 0 heterocycles. The lowest BCUT2D eigenvalue weighted by molar-refractivity contribution is 0.272. The highest BCUT2D eigenvalue weighted by molar-refractivity contribution is 5.32. The number of hydrogen-bond acceptors (Lipinski definition) is 0. The van der Waals surface area contributed by atoms with Crippen LogP contribution in [0.25, 0.3) is 0 Å². The van der Waals surface area contributed by atoms with Crippen molar-refractivity contribution in [2.75, 3.05) is 0 Å². The second-order valence-corrected chi connectivity index (χ2v) is 3.66. The maximum atomic E-state index is 13.3. The van der Waals surface area contributed by atoms with Crippen molar-refractivity contribution >= 4 is 0 Å². The topological polar surface area (TPSA) is 0 Å². The van der Waals surface area contributed by atoms with Crippen molar-refractivity contribution in [2.45, 2.75) is 39.3 Å². The Morgan fingerprint density at radius 3 is 2.45 bits per heavy atom. The van der Waals surface area contributed by atoms with E-state index in [0.29, 0.717) is 0 Å². The van der Waals surface area contributed by atoms with E-state index in [0.717, 1.165) is 18.4 Å². The molecule has 0 spiro atoms.